The molecule has 1 aliphatic rings. The first-order chi connectivity index (χ1) is 14.3. The summed E-state index contributed by atoms with van der Waals surface area (Å²) in [6.07, 6.45) is 4.57. The second-order valence-corrected chi connectivity index (χ2v) is 10.1. The van der Waals surface area contributed by atoms with E-state index in [0.717, 1.165) is 42.4 Å². The quantitative estimate of drug-likeness (QED) is 0.556. The van der Waals surface area contributed by atoms with Crippen molar-refractivity contribution >= 4 is 21.6 Å². The lowest BCUT2D eigenvalue weighted by Gasteiger charge is -2.27. The molecular weight excluding hydrogens is 402 g/mol. The molecule has 0 unspecified atom stereocenters. The smallest absolute Gasteiger partial charge is 0.259 e. The van der Waals surface area contributed by atoms with Gasteiger partial charge in [0.05, 0.1) is 30.2 Å². The molecule has 7 nitrogen and oxygen atoms in total. The average molecular weight is 438 g/mol. The van der Waals surface area contributed by atoms with Crippen LogP contribution in [0.5, 0.6) is 0 Å². The van der Waals surface area contributed by atoms with Gasteiger partial charge < -0.3 is 19.6 Å². The van der Waals surface area contributed by atoms with Gasteiger partial charge in [-0.25, -0.2) is 4.98 Å². The van der Waals surface area contributed by atoms with Gasteiger partial charge in [0, 0.05) is 31.7 Å². The zero-order valence-corrected chi connectivity index (χ0v) is 19.4. The summed E-state index contributed by atoms with van der Waals surface area (Å²) in [5.41, 5.74) is 0.869. The Morgan fingerprint density at radius 2 is 2.07 bits per heavy atom. The largest absolute Gasteiger partial charge is 0.389 e. The summed E-state index contributed by atoms with van der Waals surface area (Å²) in [6.45, 7) is 8.49. The number of hydrogen-bond acceptors (Lipinski definition) is 7. The number of aryl methyl sites for hydroxylation is 2. The highest BCUT2D eigenvalue weighted by Crippen LogP contribution is 2.33. The zero-order chi connectivity index (χ0) is 21.7. The van der Waals surface area contributed by atoms with Gasteiger partial charge in [-0.3, -0.25) is 9.69 Å². The van der Waals surface area contributed by atoms with Crippen LogP contribution >= 0.6 is 11.3 Å². The molecule has 0 saturated heterocycles. The summed E-state index contributed by atoms with van der Waals surface area (Å²) in [4.78, 5) is 24.8. The Morgan fingerprint density at radius 1 is 1.30 bits per heavy atom. The molecule has 2 aromatic rings. The summed E-state index contributed by atoms with van der Waals surface area (Å²) in [5.74, 6) is 0.646. The third kappa shape index (κ3) is 6.34. The van der Waals surface area contributed by atoms with Gasteiger partial charge in [-0.05, 0) is 58.4 Å². The van der Waals surface area contributed by atoms with Crippen molar-refractivity contribution in [3.05, 3.63) is 26.6 Å². The lowest BCUT2D eigenvalue weighted by atomic mass is 9.97. The van der Waals surface area contributed by atoms with E-state index in [2.05, 4.69) is 9.88 Å². The Hall–Kier alpha value is -1.32. The number of aromatic amines is 1. The summed E-state index contributed by atoms with van der Waals surface area (Å²) in [6, 6.07) is 0. The molecule has 0 saturated carbocycles. The molecule has 168 valence electrons. The number of nitrogens with zero attached hydrogens (tertiary/aromatic N) is 2. The number of aromatic nitrogens is 2. The number of aliphatic hydroxyl groups is 1. The lowest BCUT2D eigenvalue weighted by molar-refractivity contribution is -0.0571. The number of rotatable bonds is 10. The van der Waals surface area contributed by atoms with E-state index in [4.69, 9.17) is 14.5 Å². The van der Waals surface area contributed by atoms with Gasteiger partial charge in [0.1, 0.15) is 10.7 Å². The van der Waals surface area contributed by atoms with Crippen molar-refractivity contribution in [2.24, 2.45) is 0 Å². The number of H-pyrrole nitrogens is 1. The minimum atomic E-state index is -0.615. The van der Waals surface area contributed by atoms with Crippen LogP contribution in [-0.4, -0.2) is 65.1 Å². The van der Waals surface area contributed by atoms with Gasteiger partial charge in [-0.2, -0.15) is 0 Å². The van der Waals surface area contributed by atoms with Crippen LogP contribution in [0.4, 0.5) is 0 Å². The molecule has 1 atom stereocenters. The molecular formula is C22H35N3O4S. The number of ether oxygens (including phenoxy) is 2. The van der Waals surface area contributed by atoms with E-state index in [9.17, 15) is 9.90 Å². The van der Waals surface area contributed by atoms with Gasteiger partial charge in [-0.1, -0.05) is 0 Å². The van der Waals surface area contributed by atoms with Crippen LogP contribution in [-0.2, 0) is 28.9 Å². The number of methoxy groups -OCH3 is 1. The fourth-order valence-corrected chi connectivity index (χ4v) is 5.14. The number of thiophene rings is 1. The Labute approximate surface area is 182 Å². The molecule has 2 aromatic heterocycles. The van der Waals surface area contributed by atoms with E-state index in [1.807, 2.05) is 20.8 Å². The molecule has 1 aliphatic carbocycles. The SMILES string of the molecule is COCCCN(Cc1nc2sc3c(c2c(=O)[nH]1)CCCC3)C[C@H](O)COC(C)(C)C. The van der Waals surface area contributed by atoms with Gasteiger partial charge >= 0.3 is 0 Å². The van der Waals surface area contributed by atoms with Crippen molar-refractivity contribution in [1.82, 2.24) is 14.9 Å². The fraction of sp³-hybridized carbons (Fsp3) is 0.727. The molecule has 0 amide bonds. The van der Waals surface area contributed by atoms with Gasteiger partial charge in [0.15, 0.2) is 0 Å². The first kappa shape index (κ1) is 23.3. The van der Waals surface area contributed by atoms with Crippen molar-refractivity contribution in [1.29, 1.82) is 0 Å². The van der Waals surface area contributed by atoms with Crippen LogP contribution in [0.3, 0.4) is 0 Å². The van der Waals surface area contributed by atoms with Crippen LogP contribution < -0.4 is 5.56 Å². The van der Waals surface area contributed by atoms with E-state index < -0.39 is 6.10 Å². The maximum Gasteiger partial charge on any atom is 0.259 e. The third-order valence-electron chi connectivity index (χ3n) is 5.25. The molecule has 2 N–H and O–H groups in total. The summed E-state index contributed by atoms with van der Waals surface area (Å²) in [5, 5.41) is 11.2. The predicted molar refractivity (Wildman–Crippen MR) is 120 cm³/mol. The minimum absolute atomic E-state index is 0.0390. The highest BCUT2D eigenvalue weighted by Gasteiger charge is 2.21. The van der Waals surface area contributed by atoms with Crippen molar-refractivity contribution in [2.75, 3.05) is 33.4 Å². The number of hydrogen-bond donors (Lipinski definition) is 2. The molecule has 0 spiro atoms. The van der Waals surface area contributed by atoms with Gasteiger partial charge in [-0.15, -0.1) is 11.3 Å². The second-order valence-electron chi connectivity index (χ2n) is 9.06. The van der Waals surface area contributed by atoms with Crippen LogP contribution in [0.1, 0.15) is 56.3 Å². The summed E-state index contributed by atoms with van der Waals surface area (Å²) >= 11 is 1.66. The van der Waals surface area contributed by atoms with Crippen molar-refractivity contribution in [2.45, 2.75) is 71.1 Å². The first-order valence-electron chi connectivity index (χ1n) is 10.8. The molecule has 2 heterocycles. The Balaban J connectivity index is 1.74. The van der Waals surface area contributed by atoms with Crippen LogP contribution in [0, 0.1) is 0 Å². The average Bonchev–Trinajstić information content (AvgIpc) is 3.04. The second kappa shape index (κ2) is 10.3. The number of aliphatic hydroxyl groups excluding tert-OH is 1. The molecule has 0 bridgehead atoms. The third-order valence-corrected chi connectivity index (χ3v) is 6.43. The van der Waals surface area contributed by atoms with Crippen molar-refractivity contribution in [3.63, 3.8) is 0 Å². The Bertz CT molecular complexity index is 887. The van der Waals surface area contributed by atoms with Crippen LogP contribution in [0.2, 0.25) is 0 Å². The zero-order valence-electron chi connectivity index (χ0n) is 18.6. The molecule has 30 heavy (non-hydrogen) atoms. The highest BCUT2D eigenvalue weighted by molar-refractivity contribution is 7.18. The van der Waals surface area contributed by atoms with Crippen molar-refractivity contribution in [3.8, 4) is 0 Å². The molecule has 0 fully saturated rings. The molecule has 8 heteroatoms. The van der Waals surface area contributed by atoms with Crippen LogP contribution in [0.25, 0.3) is 10.2 Å². The molecule has 0 aliphatic heterocycles. The first-order valence-corrected chi connectivity index (χ1v) is 11.6. The van der Waals surface area contributed by atoms with Gasteiger partial charge in [0.2, 0.25) is 0 Å². The van der Waals surface area contributed by atoms with Crippen molar-refractivity contribution < 1.29 is 14.6 Å². The van der Waals surface area contributed by atoms with Crippen LogP contribution in [0.15, 0.2) is 4.79 Å². The van der Waals surface area contributed by atoms with E-state index >= 15 is 0 Å². The standard InChI is InChI=1S/C22H35N3O4S/c1-22(2,3)29-14-15(26)12-25(10-7-11-28-4)13-18-23-20(27)19-16-8-5-6-9-17(16)30-21(19)24-18/h15,26H,5-14H2,1-4H3,(H,23,24,27)/t15-/m0/s1. The molecule has 3 rings (SSSR count). The fourth-order valence-electron chi connectivity index (χ4n) is 3.86. The highest BCUT2D eigenvalue weighted by atomic mass is 32.1. The van der Waals surface area contributed by atoms with E-state index in [0.29, 0.717) is 25.5 Å². The Morgan fingerprint density at radius 3 is 2.80 bits per heavy atom. The minimum Gasteiger partial charge on any atom is -0.389 e. The maximum atomic E-state index is 12.8. The monoisotopic (exact) mass is 437 g/mol. The maximum absolute atomic E-state index is 12.8. The summed E-state index contributed by atoms with van der Waals surface area (Å²) in [7, 11) is 1.68. The Kier molecular flexibility index (Phi) is 8.04. The van der Waals surface area contributed by atoms with E-state index in [-0.39, 0.29) is 17.8 Å². The normalized spacial score (nSPS) is 15.7. The molecule has 0 radical (unpaired) electrons. The lowest BCUT2D eigenvalue weighted by Crippen LogP contribution is -2.38. The topological polar surface area (TPSA) is 87.7 Å². The molecule has 0 aromatic carbocycles. The van der Waals surface area contributed by atoms with E-state index in [1.165, 1.54) is 16.9 Å². The predicted octanol–water partition coefficient (Wildman–Crippen LogP) is 2.88. The van der Waals surface area contributed by atoms with Gasteiger partial charge in [0.25, 0.3) is 5.56 Å². The number of fused-ring (bicyclic) bond motifs is 3. The number of nitrogens with one attached hydrogen (secondary N) is 1. The van der Waals surface area contributed by atoms with E-state index in [1.54, 1.807) is 18.4 Å². The summed E-state index contributed by atoms with van der Waals surface area (Å²) < 4.78 is 10.9.